The number of nitrogens with zero attached hydrogens (tertiary/aromatic N) is 2. The van der Waals surface area contributed by atoms with Gasteiger partial charge >= 0.3 is 6.03 Å². The number of urea groups is 1. The Morgan fingerprint density at radius 1 is 1.00 bits per heavy atom. The van der Waals surface area contributed by atoms with Crippen molar-refractivity contribution in [2.24, 2.45) is 0 Å². The third-order valence-corrected chi connectivity index (χ3v) is 8.48. The molecule has 0 aromatic heterocycles. The van der Waals surface area contributed by atoms with Gasteiger partial charge in [0.1, 0.15) is 6.04 Å². The molecule has 2 N–H and O–H groups in total. The van der Waals surface area contributed by atoms with Crippen LogP contribution in [0.2, 0.25) is 0 Å². The van der Waals surface area contributed by atoms with Gasteiger partial charge in [-0.3, -0.25) is 4.79 Å². The number of thioether (sulfide) groups is 1. The Bertz CT molecular complexity index is 1190. The Hall–Kier alpha value is -2.89. The second kappa shape index (κ2) is 14.3. The smallest absolute Gasteiger partial charge is 0.318 e. The van der Waals surface area contributed by atoms with Crippen LogP contribution < -0.4 is 10.6 Å². The van der Waals surface area contributed by atoms with Crippen molar-refractivity contribution < 1.29 is 22.4 Å². The number of carbonyl (C=O) groups excluding carboxylic acids is 2. The van der Waals surface area contributed by atoms with Gasteiger partial charge in [0, 0.05) is 32.6 Å². The van der Waals surface area contributed by atoms with Crippen molar-refractivity contribution in [3.63, 3.8) is 0 Å². The minimum absolute atomic E-state index is 0.162. The van der Waals surface area contributed by atoms with Gasteiger partial charge in [0.2, 0.25) is 20.9 Å². The average Bonchev–Trinajstić information content (AvgIpc) is 2.92. The van der Waals surface area contributed by atoms with Crippen molar-refractivity contribution in [2.45, 2.75) is 29.8 Å². The second-order valence-corrected chi connectivity index (χ2v) is 12.0. The van der Waals surface area contributed by atoms with Gasteiger partial charge in [-0.25, -0.2) is 13.2 Å². The van der Waals surface area contributed by atoms with Crippen LogP contribution in [0.3, 0.4) is 0 Å². The first-order chi connectivity index (χ1) is 18.2. The third kappa shape index (κ3) is 8.57. The topological polar surface area (TPSA) is 98.8 Å². The molecule has 11 heteroatoms. The quantitative estimate of drug-likeness (QED) is 0.437. The highest BCUT2D eigenvalue weighted by molar-refractivity contribution is 7.98. The number of carbonyl (C=O) groups is 2. The lowest BCUT2D eigenvalue weighted by atomic mass is 10.0. The maximum absolute atomic E-state index is 15.1. The molecule has 1 fully saturated rings. The monoisotopic (exact) mass is 562 g/mol. The third-order valence-electron chi connectivity index (χ3n) is 6.29. The Kier molecular flexibility index (Phi) is 11.2. The first-order valence-electron chi connectivity index (χ1n) is 12.5. The Morgan fingerprint density at radius 2 is 1.61 bits per heavy atom. The van der Waals surface area contributed by atoms with Crippen molar-refractivity contribution >= 4 is 33.5 Å². The SMILES string of the molecule is CSCC[C@@H](/C=C(\F)S(=O)(=O)c1ccccc1)NC(=O)[C@H](Cc1ccccc1)NC(=O)N1CCN(C)CC1. The molecule has 1 aliphatic rings. The minimum atomic E-state index is -4.35. The fraction of sp³-hybridized carbons (Fsp3) is 0.407. The van der Waals surface area contributed by atoms with Crippen LogP contribution in [0.25, 0.3) is 0 Å². The maximum atomic E-state index is 15.1. The lowest BCUT2D eigenvalue weighted by molar-refractivity contribution is -0.123. The molecule has 0 unspecified atom stereocenters. The first kappa shape index (κ1) is 29.7. The summed E-state index contributed by atoms with van der Waals surface area (Å²) in [7, 11) is -2.36. The van der Waals surface area contributed by atoms with Crippen LogP contribution in [0.1, 0.15) is 12.0 Å². The normalized spacial score (nSPS) is 16.5. The van der Waals surface area contributed by atoms with Crippen molar-refractivity contribution in [1.29, 1.82) is 0 Å². The van der Waals surface area contributed by atoms with Gasteiger partial charge in [0.25, 0.3) is 0 Å². The summed E-state index contributed by atoms with van der Waals surface area (Å²) in [6, 6.07) is 14.4. The number of amides is 3. The zero-order chi connectivity index (χ0) is 27.5. The van der Waals surface area contributed by atoms with E-state index in [0.29, 0.717) is 25.3 Å². The lowest BCUT2D eigenvalue weighted by Crippen LogP contribution is -2.56. The van der Waals surface area contributed by atoms with Crippen LogP contribution in [0.4, 0.5) is 9.18 Å². The summed E-state index contributed by atoms with van der Waals surface area (Å²) >= 11 is 1.50. The molecule has 0 saturated carbocycles. The molecule has 1 aliphatic heterocycles. The first-order valence-corrected chi connectivity index (χ1v) is 15.3. The molecule has 2 atom stereocenters. The van der Waals surface area contributed by atoms with Crippen molar-refractivity contribution in [3.05, 3.63) is 77.5 Å². The summed E-state index contributed by atoms with van der Waals surface area (Å²) in [6.07, 6.45) is 3.36. The van der Waals surface area contributed by atoms with E-state index in [2.05, 4.69) is 15.5 Å². The predicted molar refractivity (Wildman–Crippen MR) is 149 cm³/mol. The Morgan fingerprint density at radius 3 is 2.21 bits per heavy atom. The molecule has 38 heavy (non-hydrogen) atoms. The molecule has 1 saturated heterocycles. The number of hydrogen-bond acceptors (Lipinski definition) is 6. The van der Waals surface area contributed by atoms with Gasteiger partial charge in [0.15, 0.2) is 0 Å². The number of benzene rings is 2. The minimum Gasteiger partial charge on any atom is -0.348 e. The summed E-state index contributed by atoms with van der Waals surface area (Å²) in [4.78, 5) is 30.1. The van der Waals surface area contributed by atoms with E-state index in [1.807, 2.05) is 43.6 Å². The van der Waals surface area contributed by atoms with Gasteiger partial charge in [-0.05, 0) is 49.2 Å². The number of nitrogens with one attached hydrogen (secondary N) is 2. The zero-order valence-corrected chi connectivity index (χ0v) is 23.3. The molecule has 0 spiro atoms. The standard InChI is InChI=1S/C27H35FN4O4S2/c1-31-14-16-32(17-15-31)27(34)30-24(19-21-9-5-3-6-10-21)26(33)29-22(13-18-37-2)20-25(28)38(35,36)23-11-7-4-8-12-23/h3-12,20,22,24H,13-19H2,1-2H3,(H,29,33)(H,30,34)/b25-20+/t22-,24-/m0/s1. The molecule has 8 nitrogen and oxygen atoms in total. The van der Waals surface area contributed by atoms with Crippen LogP contribution in [-0.2, 0) is 21.1 Å². The van der Waals surface area contributed by atoms with E-state index in [-0.39, 0.29) is 17.3 Å². The Balaban J connectivity index is 1.80. The highest BCUT2D eigenvalue weighted by Crippen LogP contribution is 2.21. The summed E-state index contributed by atoms with van der Waals surface area (Å²) in [5.74, 6) is 0.0560. The van der Waals surface area contributed by atoms with E-state index in [4.69, 9.17) is 0 Å². The van der Waals surface area contributed by atoms with Gasteiger partial charge < -0.3 is 20.4 Å². The van der Waals surface area contributed by atoms with Crippen LogP contribution in [0, 0.1) is 0 Å². The molecular weight excluding hydrogens is 527 g/mol. The highest BCUT2D eigenvalue weighted by atomic mass is 32.2. The summed E-state index contributed by atoms with van der Waals surface area (Å²) in [6.45, 7) is 2.56. The number of halogens is 1. The maximum Gasteiger partial charge on any atom is 0.318 e. The number of rotatable bonds is 11. The largest absolute Gasteiger partial charge is 0.348 e. The van der Waals surface area contributed by atoms with Gasteiger partial charge in [0.05, 0.1) is 10.9 Å². The molecule has 2 aromatic carbocycles. The van der Waals surface area contributed by atoms with E-state index < -0.39 is 33.0 Å². The molecule has 0 bridgehead atoms. The molecule has 206 valence electrons. The summed E-state index contributed by atoms with van der Waals surface area (Å²) in [5, 5.41) is 4.28. The number of hydrogen-bond donors (Lipinski definition) is 2. The summed E-state index contributed by atoms with van der Waals surface area (Å²) in [5.41, 5.74) is 0.848. The fourth-order valence-electron chi connectivity index (χ4n) is 3.99. The lowest BCUT2D eigenvalue weighted by Gasteiger charge is -2.33. The van der Waals surface area contributed by atoms with Gasteiger partial charge in [-0.2, -0.15) is 16.2 Å². The van der Waals surface area contributed by atoms with Crippen LogP contribution in [0.5, 0.6) is 0 Å². The number of likely N-dealkylation sites (N-methyl/N-ethyl adjacent to an activating group) is 1. The molecule has 0 aliphatic carbocycles. The number of sulfone groups is 1. The van der Waals surface area contributed by atoms with Crippen molar-refractivity contribution in [1.82, 2.24) is 20.4 Å². The van der Waals surface area contributed by atoms with E-state index >= 15 is 4.39 Å². The summed E-state index contributed by atoms with van der Waals surface area (Å²) < 4.78 is 40.5. The van der Waals surface area contributed by atoms with Crippen LogP contribution in [-0.4, -0.2) is 87.5 Å². The Labute approximate surface area is 228 Å². The molecule has 3 amide bonds. The van der Waals surface area contributed by atoms with E-state index in [1.165, 1.54) is 36.0 Å². The van der Waals surface area contributed by atoms with Gasteiger partial charge in [-0.15, -0.1) is 0 Å². The van der Waals surface area contributed by atoms with E-state index in [9.17, 15) is 18.0 Å². The molecule has 2 aromatic rings. The molecule has 1 heterocycles. The van der Waals surface area contributed by atoms with Gasteiger partial charge in [-0.1, -0.05) is 48.5 Å². The zero-order valence-electron chi connectivity index (χ0n) is 21.7. The molecular formula is C27H35FN4O4S2. The fourth-order valence-corrected chi connectivity index (χ4v) is 5.57. The predicted octanol–water partition coefficient (Wildman–Crippen LogP) is 3.08. The molecule has 3 rings (SSSR count). The van der Waals surface area contributed by atoms with Crippen LogP contribution in [0.15, 0.2) is 76.8 Å². The van der Waals surface area contributed by atoms with E-state index in [0.717, 1.165) is 24.7 Å². The second-order valence-electron chi connectivity index (χ2n) is 9.17. The van der Waals surface area contributed by atoms with Crippen molar-refractivity contribution in [2.75, 3.05) is 45.2 Å². The van der Waals surface area contributed by atoms with Crippen molar-refractivity contribution in [3.8, 4) is 0 Å². The van der Waals surface area contributed by atoms with Crippen LogP contribution >= 0.6 is 11.8 Å². The van der Waals surface area contributed by atoms with E-state index in [1.54, 1.807) is 11.0 Å². The highest BCUT2D eigenvalue weighted by Gasteiger charge is 2.28. The molecule has 0 radical (unpaired) electrons. The number of piperazine rings is 1. The average molecular weight is 563 g/mol.